The van der Waals surface area contributed by atoms with E-state index in [-0.39, 0.29) is 12.1 Å². The van der Waals surface area contributed by atoms with E-state index >= 15 is 0 Å². The van der Waals surface area contributed by atoms with E-state index in [2.05, 4.69) is 9.98 Å². The van der Waals surface area contributed by atoms with Gasteiger partial charge in [0.15, 0.2) is 0 Å². The number of hydrogen-bond acceptors (Lipinski definition) is 3. The Kier molecular flexibility index (Phi) is 5.29. The molecule has 1 aromatic carbocycles. The molecule has 0 saturated carbocycles. The molecular formula is C13H14F2N4O. The van der Waals surface area contributed by atoms with Gasteiger partial charge in [0.25, 0.3) is 0 Å². The Labute approximate surface area is 115 Å². The van der Waals surface area contributed by atoms with E-state index in [1.807, 2.05) is 6.07 Å². The van der Waals surface area contributed by atoms with Crippen LogP contribution in [0.4, 0.5) is 8.78 Å². The molecule has 0 aromatic heterocycles. The zero-order chi connectivity index (χ0) is 15.2. The van der Waals surface area contributed by atoms with Gasteiger partial charge in [0.05, 0.1) is 24.9 Å². The van der Waals surface area contributed by atoms with Crippen molar-refractivity contribution in [3.63, 3.8) is 0 Å². The van der Waals surface area contributed by atoms with Crippen molar-refractivity contribution in [2.75, 3.05) is 6.54 Å². The van der Waals surface area contributed by atoms with Gasteiger partial charge in [0.2, 0.25) is 0 Å². The average Bonchev–Trinajstić information content (AvgIpc) is 2.45. The first-order chi connectivity index (χ1) is 9.45. The molecule has 3 N–H and O–H groups in total. The van der Waals surface area contributed by atoms with Gasteiger partial charge in [-0.25, -0.2) is 13.8 Å². The van der Waals surface area contributed by atoms with Gasteiger partial charge in [-0.2, -0.15) is 5.26 Å². The van der Waals surface area contributed by atoms with Gasteiger partial charge in [0, 0.05) is 5.56 Å². The van der Waals surface area contributed by atoms with E-state index in [9.17, 15) is 13.9 Å². The predicted molar refractivity (Wildman–Crippen MR) is 71.1 cm³/mol. The molecule has 1 aromatic rings. The molecule has 0 aliphatic heterocycles. The van der Waals surface area contributed by atoms with Crippen LogP contribution in [-0.2, 0) is 5.60 Å². The van der Waals surface area contributed by atoms with Gasteiger partial charge in [-0.3, -0.25) is 4.99 Å². The van der Waals surface area contributed by atoms with Crippen LogP contribution in [0.25, 0.3) is 0 Å². The minimum Gasteiger partial charge on any atom is -0.390 e. The van der Waals surface area contributed by atoms with E-state index < -0.39 is 23.2 Å². The summed E-state index contributed by atoms with van der Waals surface area (Å²) in [5, 5.41) is 19.5. The van der Waals surface area contributed by atoms with Gasteiger partial charge in [0.1, 0.15) is 23.6 Å². The fourth-order valence-corrected chi connectivity index (χ4v) is 1.66. The SMILES string of the molecule is CC(C#N)C(O)(CN=CN=CN)c1cc(F)ccc1F. The number of halogens is 2. The van der Waals surface area contributed by atoms with Crippen LogP contribution in [-0.4, -0.2) is 24.3 Å². The van der Waals surface area contributed by atoms with Crippen LogP contribution in [0.15, 0.2) is 28.2 Å². The van der Waals surface area contributed by atoms with Crippen molar-refractivity contribution < 1.29 is 13.9 Å². The van der Waals surface area contributed by atoms with E-state index in [1.54, 1.807) is 0 Å². The zero-order valence-corrected chi connectivity index (χ0v) is 10.8. The maximum absolute atomic E-state index is 13.8. The summed E-state index contributed by atoms with van der Waals surface area (Å²) >= 11 is 0. The number of benzene rings is 1. The molecule has 0 saturated heterocycles. The Morgan fingerprint density at radius 2 is 2.25 bits per heavy atom. The standard InChI is InChI=1S/C13H14F2N4O/c1-9(5-16)13(20,6-18-8-19-7-17)11-4-10(14)2-3-12(11)15/h2-4,7-9,20H,6H2,1H3,(H2,17,18,19). The number of aliphatic imine (C=N–C) groups is 2. The fourth-order valence-electron chi connectivity index (χ4n) is 1.66. The summed E-state index contributed by atoms with van der Waals surface area (Å²) in [5.74, 6) is -2.53. The molecule has 106 valence electrons. The maximum atomic E-state index is 13.8. The van der Waals surface area contributed by atoms with Crippen LogP contribution in [0.1, 0.15) is 12.5 Å². The maximum Gasteiger partial charge on any atom is 0.129 e. The normalized spacial score (nSPS) is 16.1. The molecule has 1 rings (SSSR count). The molecule has 0 radical (unpaired) electrons. The van der Waals surface area contributed by atoms with Crippen molar-refractivity contribution in [3.8, 4) is 6.07 Å². The smallest absolute Gasteiger partial charge is 0.129 e. The van der Waals surface area contributed by atoms with Crippen molar-refractivity contribution in [1.29, 1.82) is 5.26 Å². The Morgan fingerprint density at radius 1 is 1.55 bits per heavy atom. The lowest BCUT2D eigenvalue weighted by Crippen LogP contribution is -2.37. The van der Waals surface area contributed by atoms with Gasteiger partial charge < -0.3 is 10.8 Å². The second-order valence-corrected chi connectivity index (χ2v) is 4.15. The Balaban J connectivity index is 3.24. The third kappa shape index (κ3) is 3.36. The summed E-state index contributed by atoms with van der Waals surface area (Å²) in [6, 6.07) is 4.49. The Morgan fingerprint density at radius 3 is 2.85 bits per heavy atom. The molecule has 0 bridgehead atoms. The first-order valence-electron chi connectivity index (χ1n) is 5.75. The molecule has 0 aliphatic rings. The molecule has 5 nitrogen and oxygen atoms in total. The van der Waals surface area contributed by atoms with Gasteiger partial charge in [-0.05, 0) is 25.1 Å². The van der Waals surface area contributed by atoms with Crippen LogP contribution >= 0.6 is 0 Å². The zero-order valence-electron chi connectivity index (χ0n) is 10.8. The third-order valence-electron chi connectivity index (χ3n) is 2.87. The minimum absolute atomic E-state index is 0.319. The number of nitriles is 1. The average molecular weight is 280 g/mol. The lowest BCUT2D eigenvalue weighted by atomic mass is 9.82. The molecule has 0 aliphatic carbocycles. The monoisotopic (exact) mass is 280 g/mol. The molecule has 0 fully saturated rings. The van der Waals surface area contributed by atoms with E-state index in [4.69, 9.17) is 11.0 Å². The summed E-state index contributed by atoms with van der Waals surface area (Å²) in [6.45, 7) is 1.05. The minimum atomic E-state index is -1.96. The van der Waals surface area contributed by atoms with Crippen molar-refractivity contribution in [2.45, 2.75) is 12.5 Å². The molecular weight excluding hydrogens is 266 g/mol. The summed E-state index contributed by atoms with van der Waals surface area (Å²) in [5.41, 5.74) is 2.74. The Hall–Kier alpha value is -2.33. The van der Waals surface area contributed by atoms with Crippen molar-refractivity contribution in [3.05, 3.63) is 35.4 Å². The second-order valence-electron chi connectivity index (χ2n) is 4.15. The number of nitrogens with zero attached hydrogens (tertiary/aromatic N) is 3. The van der Waals surface area contributed by atoms with Crippen molar-refractivity contribution in [2.24, 2.45) is 21.6 Å². The number of nitrogens with two attached hydrogens (primary N) is 1. The number of rotatable bonds is 5. The lowest BCUT2D eigenvalue weighted by Gasteiger charge is -2.29. The predicted octanol–water partition coefficient (Wildman–Crippen LogP) is 1.33. The highest BCUT2D eigenvalue weighted by Crippen LogP contribution is 2.32. The summed E-state index contributed by atoms with van der Waals surface area (Å²) in [4.78, 5) is 7.25. The molecule has 7 heteroatoms. The van der Waals surface area contributed by atoms with Crippen molar-refractivity contribution in [1.82, 2.24) is 0 Å². The molecule has 0 amide bonds. The summed E-state index contributed by atoms with van der Waals surface area (Å²) in [6.07, 6.45) is 2.05. The highest BCUT2D eigenvalue weighted by atomic mass is 19.1. The third-order valence-corrected chi connectivity index (χ3v) is 2.87. The van der Waals surface area contributed by atoms with Crippen molar-refractivity contribution >= 4 is 12.7 Å². The second kappa shape index (κ2) is 6.73. The van der Waals surface area contributed by atoms with E-state index in [1.165, 1.54) is 6.92 Å². The first-order valence-corrected chi connectivity index (χ1v) is 5.75. The Bertz CT molecular complexity index is 568. The summed E-state index contributed by atoms with van der Waals surface area (Å²) in [7, 11) is 0. The highest BCUT2D eigenvalue weighted by Gasteiger charge is 2.38. The molecule has 0 heterocycles. The molecule has 0 spiro atoms. The van der Waals surface area contributed by atoms with Crippen LogP contribution in [0.2, 0.25) is 0 Å². The number of hydrogen-bond donors (Lipinski definition) is 2. The topological polar surface area (TPSA) is 94.8 Å². The summed E-state index contributed by atoms with van der Waals surface area (Å²) < 4.78 is 27.0. The lowest BCUT2D eigenvalue weighted by molar-refractivity contribution is 0.00964. The van der Waals surface area contributed by atoms with Gasteiger partial charge in [-0.1, -0.05) is 0 Å². The molecule has 20 heavy (non-hydrogen) atoms. The van der Waals surface area contributed by atoms with Gasteiger partial charge in [-0.15, -0.1) is 0 Å². The van der Waals surface area contributed by atoms with Crippen LogP contribution < -0.4 is 5.73 Å². The van der Waals surface area contributed by atoms with E-state index in [0.717, 1.165) is 30.9 Å². The van der Waals surface area contributed by atoms with Gasteiger partial charge >= 0.3 is 0 Å². The van der Waals surface area contributed by atoms with E-state index in [0.29, 0.717) is 0 Å². The van der Waals surface area contributed by atoms with Crippen LogP contribution in [0, 0.1) is 28.9 Å². The molecule has 2 atom stereocenters. The quantitative estimate of drug-likeness (QED) is 0.629. The first kappa shape index (κ1) is 15.7. The van der Waals surface area contributed by atoms with Crippen LogP contribution in [0.5, 0.6) is 0 Å². The number of aliphatic hydroxyl groups is 1. The fraction of sp³-hybridized carbons (Fsp3) is 0.308. The van der Waals surface area contributed by atoms with Crippen LogP contribution in [0.3, 0.4) is 0 Å². The largest absolute Gasteiger partial charge is 0.390 e. The highest BCUT2D eigenvalue weighted by molar-refractivity contribution is 5.69. The molecule has 2 unspecified atom stereocenters.